The van der Waals surface area contributed by atoms with Gasteiger partial charge in [0.25, 0.3) is 5.91 Å². The van der Waals surface area contributed by atoms with Crippen LogP contribution < -0.4 is 16.0 Å². The number of nitrogens with one attached hydrogen (secondary N) is 3. The number of piperidine rings is 2. The van der Waals surface area contributed by atoms with E-state index in [2.05, 4.69) is 107 Å². The summed E-state index contributed by atoms with van der Waals surface area (Å²) < 4.78 is 1.87. The van der Waals surface area contributed by atoms with Crippen LogP contribution in [0.15, 0.2) is 91.0 Å². The van der Waals surface area contributed by atoms with E-state index in [0.29, 0.717) is 42.5 Å². The maximum absolute atomic E-state index is 12.8. The molecule has 4 aromatic carbocycles. The van der Waals surface area contributed by atoms with Crippen LogP contribution in [0.4, 0.5) is 0 Å². The van der Waals surface area contributed by atoms with Crippen molar-refractivity contribution in [2.24, 2.45) is 11.8 Å². The molecule has 0 radical (unpaired) electrons. The van der Waals surface area contributed by atoms with E-state index < -0.39 is 6.04 Å². The number of aromatic nitrogens is 2. The summed E-state index contributed by atoms with van der Waals surface area (Å²) in [7, 11) is 0. The average molecular weight is 819 g/mol. The molecule has 9 heteroatoms. The van der Waals surface area contributed by atoms with Gasteiger partial charge < -0.3 is 15.7 Å². The second-order valence-electron chi connectivity index (χ2n) is 19.0. The molecule has 3 saturated heterocycles. The zero-order chi connectivity index (χ0) is 41.5. The predicted molar refractivity (Wildman–Crippen MR) is 241 cm³/mol. The number of benzene rings is 4. The molecule has 0 spiro atoms. The lowest BCUT2D eigenvalue weighted by atomic mass is 9.69. The molecule has 2 aliphatic carbocycles. The number of imide groups is 1. The third-order valence-electron chi connectivity index (χ3n) is 15.3. The lowest BCUT2D eigenvalue weighted by Crippen LogP contribution is -2.48. The molecule has 61 heavy (non-hydrogen) atoms. The van der Waals surface area contributed by atoms with Crippen molar-refractivity contribution in [2.75, 3.05) is 32.7 Å². The third-order valence-corrected chi connectivity index (χ3v) is 15.3. The minimum absolute atomic E-state index is 0.196. The highest BCUT2D eigenvalue weighted by Gasteiger charge is 2.35. The highest BCUT2D eigenvalue weighted by atomic mass is 16.3. The van der Waals surface area contributed by atoms with Gasteiger partial charge in [-0.1, -0.05) is 85.6 Å². The summed E-state index contributed by atoms with van der Waals surface area (Å²) in [4.78, 5) is 27.4. The van der Waals surface area contributed by atoms with Gasteiger partial charge in [-0.3, -0.25) is 24.5 Å². The molecular formula is C52H62N6O3. The van der Waals surface area contributed by atoms with E-state index in [1.165, 1.54) is 77.4 Å². The number of rotatable bonds is 9. The fourth-order valence-electron chi connectivity index (χ4n) is 12.3. The highest BCUT2D eigenvalue weighted by molar-refractivity contribution is 6.00. The number of nitrogens with zero attached hydrogens (tertiary/aromatic N) is 3. The van der Waals surface area contributed by atoms with E-state index in [1.807, 2.05) is 16.8 Å². The normalized spacial score (nSPS) is 28.7. The zero-order valence-electron chi connectivity index (χ0n) is 35.7. The summed E-state index contributed by atoms with van der Waals surface area (Å²) in [5.41, 5.74) is 10.1. The first kappa shape index (κ1) is 40.3. The van der Waals surface area contributed by atoms with Gasteiger partial charge in [0.1, 0.15) is 11.8 Å². The fourth-order valence-corrected chi connectivity index (χ4v) is 12.3. The Kier molecular flexibility index (Phi) is 11.6. The van der Waals surface area contributed by atoms with Crippen LogP contribution in [0.3, 0.4) is 0 Å². The molecule has 5 aromatic rings. The van der Waals surface area contributed by atoms with Gasteiger partial charge in [-0.2, -0.15) is 5.10 Å². The fraction of sp³-hybridized carbons (Fsp3) is 0.481. The number of hydrogen-bond acceptors (Lipinski definition) is 7. The molecule has 4 fully saturated rings. The molecule has 2 amide bonds. The number of fused-ring (bicyclic) bond motifs is 2. The largest absolute Gasteiger partial charge is 0.508 e. The van der Waals surface area contributed by atoms with Gasteiger partial charge in [-0.05, 0) is 140 Å². The van der Waals surface area contributed by atoms with Crippen LogP contribution in [-0.4, -0.2) is 70.4 Å². The first-order valence-corrected chi connectivity index (χ1v) is 23.3. The van der Waals surface area contributed by atoms with Gasteiger partial charge in [0.05, 0.1) is 11.2 Å². The van der Waals surface area contributed by atoms with Crippen molar-refractivity contribution in [1.29, 1.82) is 0 Å². The molecule has 0 bridgehead atoms. The van der Waals surface area contributed by atoms with E-state index in [1.54, 1.807) is 0 Å². The highest BCUT2D eigenvalue weighted by Crippen LogP contribution is 2.47. The Morgan fingerprint density at radius 1 is 0.754 bits per heavy atom. The molecule has 9 nitrogen and oxygen atoms in total. The molecule has 1 saturated carbocycles. The van der Waals surface area contributed by atoms with Gasteiger partial charge in [-0.15, -0.1) is 0 Å². The second-order valence-corrected chi connectivity index (χ2v) is 19.0. The van der Waals surface area contributed by atoms with E-state index in [4.69, 9.17) is 5.10 Å². The summed E-state index contributed by atoms with van der Waals surface area (Å²) >= 11 is 0. The minimum Gasteiger partial charge on any atom is -0.508 e. The number of hydrogen-bond donors (Lipinski definition) is 4. The molecular weight excluding hydrogens is 757 g/mol. The van der Waals surface area contributed by atoms with Crippen LogP contribution in [0.2, 0.25) is 0 Å². The van der Waals surface area contributed by atoms with Gasteiger partial charge >= 0.3 is 0 Å². The molecule has 6 atom stereocenters. The van der Waals surface area contributed by atoms with Crippen molar-refractivity contribution in [3.05, 3.63) is 130 Å². The molecule has 1 unspecified atom stereocenters. The van der Waals surface area contributed by atoms with Crippen LogP contribution in [0.25, 0.3) is 10.9 Å². The van der Waals surface area contributed by atoms with Gasteiger partial charge in [0.2, 0.25) is 5.91 Å². The molecule has 1 aromatic heterocycles. The number of phenols is 1. The number of amides is 2. The Bertz CT molecular complexity index is 2350. The van der Waals surface area contributed by atoms with Crippen LogP contribution in [0.5, 0.6) is 5.75 Å². The first-order valence-electron chi connectivity index (χ1n) is 23.3. The van der Waals surface area contributed by atoms with Crippen LogP contribution in [0, 0.1) is 18.8 Å². The number of carbonyl (C=O) groups excluding carboxylic acids is 2. The van der Waals surface area contributed by atoms with E-state index >= 15 is 0 Å². The van der Waals surface area contributed by atoms with Gasteiger partial charge in [0.15, 0.2) is 0 Å². The molecule has 4 N–H and O–H groups in total. The predicted octanol–water partition coefficient (Wildman–Crippen LogP) is 8.57. The van der Waals surface area contributed by atoms with E-state index in [9.17, 15) is 14.7 Å². The quantitative estimate of drug-likeness (QED) is 0.110. The standard InChI is InChI=1S/C52H62N6O3/c1-33-50-43(8-5-9-46(50)58(56-33)47-22-23-49(60)55-52(47)61)40-24-25-54-41(29-40)28-34-10-12-35(13-11-34)32-57-27-26-53-31-48(57)37-14-16-38(17-15-37)51-44(36-6-3-2-4-7-36)20-18-39-30-42(59)19-21-45(39)51/h2-9,14-17,19,21,30,34-35,40-41,44,47-48,51,53-54,59H,10-13,18,20,22-29,31-32H2,1H3,(H,55,60,61)/t34?,35?,40-,41-,44-,47?,48+,51+/m1/s1. The van der Waals surface area contributed by atoms with Gasteiger partial charge in [-0.25, -0.2) is 0 Å². The lowest BCUT2D eigenvalue weighted by Gasteiger charge is -2.41. The number of aryl methyl sites for hydroxylation is 2. The maximum atomic E-state index is 12.8. The van der Waals surface area contributed by atoms with Gasteiger partial charge in [0, 0.05) is 56.0 Å². The smallest absolute Gasteiger partial charge is 0.251 e. The third kappa shape index (κ3) is 8.29. The molecule has 3 aliphatic heterocycles. The Labute approximate surface area is 360 Å². The summed E-state index contributed by atoms with van der Waals surface area (Å²) in [5.74, 6) is 2.56. The second kappa shape index (κ2) is 17.5. The van der Waals surface area contributed by atoms with Crippen molar-refractivity contribution in [2.45, 2.75) is 113 Å². The summed E-state index contributed by atoms with van der Waals surface area (Å²) in [6.45, 7) is 7.40. The molecule has 10 rings (SSSR count). The first-order chi connectivity index (χ1) is 29.9. The Morgan fingerprint density at radius 2 is 1.56 bits per heavy atom. The monoisotopic (exact) mass is 818 g/mol. The Hall–Kier alpha value is -4.83. The van der Waals surface area contributed by atoms with Crippen LogP contribution in [0.1, 0.15) is 133 Å². The van der Waals surface area contributed by atoms with Crippen molar-refractivity contribution in [3.8, 4) is 5.75 Å². The summed E-state index contributed by atoms with van der Waals surface area (Å²) in [5, 5.41) is 26.5. The topological polar surface area (TPSA) is 112 Å². The number of piperazine rings is 1. The molecule has 318 valence electrons. The molecule has 4 heterocycles. The average Bonchev–Trinajstić information content (AvgIpc) is 3.63. The SMILES string of the molecule is Cc1nn(C2CCC(=O)NC2=O)c2cccc([C@@H]3CCN[C@H](CC4CCC(CN5CCNC[C@H]5c5ccc([C@@H]6c7ccc(O)cc7CC[C@@H]6c6ccccc6)cc5)CC4)C3)c12. The summed E-state index contributed by atoms with van der Waals surface area (Å²) in [6.07, 6.45) is 11.6. The summed E-state index contributed by atoms with van der Waals surface area (Å²) in [6, 6.07) is 33.6. The number of aromatic hydroxyl groups is 1. The van der Waals surface area contributed by atoms with Crippen molar-refractivity contribution in [3.63, 3.8) is 0 Å². The van der Waals surface area contributed by atoms with Crippen LogP contribution >= 0.6 is 0 Å². The van der Waals surface area contributed by atoms with Crippen LogP contribution in [-0.2, 0) is 16.0 Å². The van der Waals surface area contributed by atoms with E-state index in [0.717, 1.165) is 74.9 Å². The lowest BCUT2D eigenvalue weighted by molar-refractivity contribution is -0.135. The number of phenolic OH excluding ortho intramolecular Hbond substituents is 1. The van der Waals surface area contributed by atoms with Crippen molar-refractivity contribution < 1.29 is 14.7 Å². The van der Waals surface area contributed by atoms with Crippen molar-refractivity contribution >= 4 is 22.7 Å². The van der Waals surface area contributed by atoms with E-state index in [-0.39, 0.29) is 17.7 Å². The minimum atomic E-state index is -0.443. The Balaban J connectivity index is 0.767. The maximum Gasteiger partial charge on any atom is 0.251 e. The number of carbonyl (C=O) groups is 2. The van der Waals surface area contributed by atoms with Crippen molar-refractivity contribution in [1.82, 2.24) is 30.6 Å². The Morgan fingerprint density at radius 3 is 2.38 bits per heavy atom. The zero-order valence-corrected chi connectivity index (χ0v) is 35.7. The molecule has 5 aliphatic rings.